The van der Waals surface area contributed by atoms with Crippen molar-refractivity contribution < 1.29 is 14.9 Å². The lowest BCUT2D eigenvalue weighted by Crippen LogP contribution is -2.30. The number of hydrogen-bond donors (Lipinski definition) is 2. The molecular formula is C24H30O3. The molecular weight excluding hydrogens is 336 g/mol. The molecule has 0 saturated heterocycles. The minimum Gasteiger partial charge on any atom is -0.508 e. The van der Waals surface area contributed by atoms with Gasteiger partial charge in [-0.3, -0.25) is 0 Å². The molecule has 1 aliphatic rings. The van der Waals surface area contributed by atoms with E-state index in [-0.39, 0.29) is 5.41 Å². The molecule has 27 heavy (non-hydrogen) atoms. The van der Waals surface area contributed by atoms with Crippen molar-refractivity contribution >= 4 is 0 Å². The number of hydrogen-bond acceptors (Lipinski definition) is 3. The van der Waals surface area contributed by atoms with Crippen molar-refractivity contribution in [3.63, 3.8) is 0 Å². The van der Waals surface area contributed by atoms with Crippen LogP contribution in [0.25, 0.3) is 0 Å². The maximum atomic E-state index is 9.51. The minimum absolute atomic E-state index is 0.0274. The molecule has 0 bridgehead atoms. The van der Waals surface area contributed by atoms with Crippen LogP contribution in [0, 0.1) is 0 Å². The lowest BCUT2D eigenvalue weighted by Gasteiger charge is -2.38. The predicted molar refractivity (Wildman–Crippen MR) is 111 cm³/mol. The maximum Gasteiger partial charge on any atom is 0.115 e. The molecule has 144 valence electrons. The van der Waals surface area contributed by atoms with Crippen LogP contribution in [0.1, 0.15) is 43.2 Å². The number of ether oxygens (including phenoxy) is 1. The summed E-state index contributed by atoms with van der Waals surface area (Å²) >= 11 is 0. The summed E-state index contributed by atoms with van der Waals surface area (Å²) in [4.78, 5) is 0. The van der Waals surface area contributed by atoms with E-state index in [9.17, 15) is 10.2 Å². The molecule has 2 aromatic rings. The molecule has 0 unspecified atom stereocenters. The predicted octanol–water partition coefficient (Wildman–Crippen LogP) is 5.72. The van der Waals surface area contributed by atoms with Crippen LogP contribution in [0.4, 0.5) is 0 Å². The van der Waals surface area contributed by atoms with Crippen LogP contribution in [-0.2, 0) is 10.2 Å². The van der Waals surface area contributed by atoms with Gasteiger partial charge in [-0.1, -0.05) is 55.7 Å². The average molecular weight is 367 g/mol. The van der Waals surface area contributed by atoms with Gasteiger partial charge in [0.15, 0.2) is 0 Å². The Kier molecular flexibility index (Phi) is 8.15. The molecule has 0 atom stereocenters. The molecule has 3 rings (SSSR count). The third-order valence-electron chi connectivity index (χ3n) is 5.02. The van der Waals surface area contributed by atoms with Crippen LogP contribution >= 0.6 is 0 Å². The normalized spacial score (nSPS) is 15.3. The van der Waals surface area contributed by atoms with Crippen LogP contribution in [0.15, 0.2) is 73.8 Å². The molecule has 3 nitrogen and oxygen atoms in total. The Morgan fingerprint density at radius 1 is 0.741 bits per heavy atom. The van der Waals surface area contributed by atoms with Gasteiger partial charge in [0.1, 0.15) is 11.5 Å². The molecule has 0 aromatic heterocycles. The van der Waals surface area contributed by atoms with E-state index in [4.69, 9.17) is 4.74 Å². The summed E-state index contributed by atoms with van der Waals surface area (Å²) in [7, 11) is 0. The number of phenols is 2. The van der Waals surface area contributed by atoms with Gasteiger partial charge in [-0.2, -0.15) is 0 Å². The zero-order valence-corrected chi connectivity index (χ0v) is 15.9. The fourth-order valence-corrected chi connectivity index (χ4v) is 3.69. The Hall–Kier alpha value is -2.52. The van der Waals surface area contributed by atoms with E-state index in [1.165, 1.54) is 30.4 Å². The standard InChI is InChI=1S/C18H20O2.C6H10O/c19-16-8-4-14(5-9-16)18(12-2-1-3-13-18)15-6-10-17(20)11-7-15;1-3-5-7-6-4-2/h4-11,19-20H,1-3,12-13H2;3-4H,1-2,5-6H2. The Morgan fingerprint density at radius 2 is 1.15 bits per heavy atom. The van der Waals surface area contributed by atoms with Crippen molar-refractivity contribution in [2.24, 2.45) is 0 Å². The molecule has 2 aromatic carbocycles. The topological polar surface area (TPSA) is 49.7 Å². The number of benzene rings is 2. The number of aromatic hydroxyl groups is 2. The third kappa shape index (κ3) is 5.73. The second-order valence-electron chi connectivity index (χ2n) is 6.85. The van der Waals surface area contributed by atoms with E-state index in [1.807, 2.05) is 24.3 Å². The van der Waals surface area contributed by atoms with Gasteiger partial charge < -0.3 is 14.9 Å². The van der Waals surface area contributed by atoms with Gasteiger partial charge in [-0.25, -0.2) is 0 Å². The fraction of sp³-hybridized carbons (Fsp3) is 0.333. The summed E-state index contributed by atoms with van der Waals surface area (Å²) in [5, 5.41) is 19.0. The van der Waals surface area contributed by atoms with Gasteiger partial charge in [0.2, 0.25) is 0 Å². The monoisotopic (exact) mass is 366 g/mol. The summed E-state index contributed by atoms with van der Waals surface area (Å²) in [6, 6.07) is 15.2. The summed E-state index contributed by atoms with van der Waals surface area (Å²) in [6.45, 7) is 8.18. The first kappa shape index (κ1) is 20.8. The summed E-state index contributed by atoms with van der Waals surface area (Å²) in [5.74, 6) is 0.621. The van der Waals surface area contributed by atoms with Crippen molar-refractivity contribution in [2.45, 2.75) is 37.5 Å². The van der Waals surface area contributed by atoms with Crippen molar-refractivity contribution in [1.82, 2.24) is 0 Å². The van der Waals surface area contributed by atoms with E-state index in [2.05, 4.69) is 13.2 Å². The smallest absolute Gasteiger partial charge is 0.115 e. The van der Waals surface area contributed by atoms with Crippen molar-refractivity contribution in [3.8, 4) is 11.5 Å². The molecule has 2 N–H and O–H groups in total. The van der Waals surface area contributed by atoms with E-state index >= 15 is 0 Å². The van der Waals surface area contributed by atoms with Gasteiger partial charge in [0.25, 0.3) is 0 Å². The third-order valence-corrected chi connectivity index (χ3v) is 5.02. The first-order valence-corrected chi connectivity index (χ1v) is 9.51. The van der Waals surface area contributed by atoms with E-state index in [0.29, 0.717) is 24.7 Å². The molecule has 0 radical (unpaired) electrons. The van der Waals surface area contributed by atoms with Gasteiger partial charge in [0.05, 0.1) is 13.2 Å². The Bertz CT molecular complexity index is 640. The SMILES string of the molecule is C=CCOCC=C.Oc1ccc(C2(c3ccc(O)cc3)CCCCC2)cc1. The van der Waals surface area contributed by atoms with Crippen LogP contribution in [0.5, 0.6) is 11.5 Å². The summed E-state index contributed by atoms with van der Waals surface area (Å²) < 4.78 is 4.90. The van der Waals surface area contributed by atoms with Gasteiger partial charge >= 0.3 is 0 Å². The molecule has 0 heterocycles. The first-order chi connectivity index (χ1) is 13.1. The molecule has 0 aliphatic heterocycles. The van der Waals surface area contributed by atoms with Crippen molar-refractivity contribution in [2.75, 3.05) is 13.2 Å². The molecule has 1 fully saturated rings. The molecule has 1 saturated carbocycles. The second-order valence-corrected chi connectivity index (χ2v) is 6.85. The van der Waals surface area contributed by atoms with Crippen molar-refractivity contribution in [1.29, 1.82) is 0 Å². The van der Waals surface area contributed by atoms with Gasteiger partial charge in [0, 0.05) is 5.41 Å². The first-order valence-electron chi connectivity index (χ1n) is 9.51. The van der Waals surface area contributed by atoms with Crippen molar-refractivity contribution in [3.05, 3.63) is 85.0 Å². The zero-order valence-electron chi connectivity index (χ0n) is 15.9. The van der Waals surface area contributed by atoms with Crippen LogP contribution in [0.2, 0.25) is 0 Å². The zero-order chi connectivity index (χ0) is 19.5. The molecule has 0 spiro atoms. The summed E-state index contributed by atoms with van der Waals surface area (Å²) in [6.07, 6.45) is 9.42. The lowest BCUT2D eigenvalue weighted by atomic mass is 9.65. The highest BCUT2D eigenvalue weighted by molar-refractivity contribution is 5.43. The number of rotatable bonds is 6. The Morgan fingerprint density at radius 3 is 1.52 bits per heavy atom. The number of phenolic OH excluding ortho intramolecular Hbond substituents is 2. The molecule has 1 aliphatic carbocycles. The van der Waals surface area contributed by atoms with E-state index in [1.54, 1.807) is 36.4 Å². The van der Waals surface area contributed by atoms with Crippen LogP contribution in [0.3, 0.4) is 0 Å². The Balaban J connectivity index is 0.000000321. The minimum atomic E-state index is 0.0274. The molecule has 3 heteroatoms. The summed E-state index contributed by atoms with van der Waals surface area (Å²) in [5.41, 5.74) is 2.56. The highest BCUT2D eigenvalue weighted by Crippen LogP contribution is 2.45. The second kappa shape index (κ2) is 10.6. The van der Waals surface area contributed by atoms with E-state index < -0.39 is 0 Å². The Labute approximate surface area is 162 Å². The maximum absolute atomic E-state index is 9.51. The van der Waals surface area contributed by atoms with Gasteiger partial charge in [-0.05, 0) is 48.2 Å². The van der Waals surface area contributed by atoms with Crippen LogP contribution < -0.4 is 0 Å². The lowest BCUT2D eigenvalue weighted by molar-refractivity contribution is 0.194. The molecule has 0 amide bonds. The largest absolute Gasteiger partial charge is 0.508 e. The quantitative estimate of drug-likeness (QED) is 0.507. The van der Waals surface area contributed by atoms with E-state index in [0.717, 1.165) is 12.8 Å². The van der Waals surface area contributed by atoms with Crippen LogP contribution in [-0.4, -0.2) is 23.4 Å². The fourth-order valence-electron chi connectivity index (χ4n) is 3.69. The highest BCUT2D eigenvalue weighted by Gasteiger charge is 2.35. The van der Waals surface area contributed by atoms with Gasteiger partial charge in [-0.15, -0.1) is 13.2 Å². The average Bonchev–Trinajstić information content (AvgIpc) is 2.70. The highest BCUT2D eigenvalue weighted by atomic mass is 16.5.